The Kier molecular flexibility index (Phi) is 5.27. The van der Waals surface area contributed by atoms with E-state index in [1.165, 1.54) is 17.8 Å². The summed E-state index contributed by atoms with van der Waals surface area (Å²) in [6.45, 7) is 10.8. The SMILES string of the molecule is Cc1nn(C)c(N2CCC(N(C)C)C2)c1CNCC(C)C. The lowest BCUT2D eigenvalue weighted by atomic mass is 10.2. The topological polar surface area (TPSA) is 36.3 Å². The monoisotopic (exact) mass is 293 g/mol. The zero-order chi connectivity index (χ0) is 15.6. The van der Waals surface area contributed by atoms with E-state index in [0.717, 1.165) is 31.9 Å². The van der Waals surface area contributed by atoms with Gasteiger partial charge in [0, 0.05) is 38.3 Å². The van der Waals surface area contributed by atoms with Crippen molar-refractivity contribution in [2.24, 2.45) is 13.0 Å². The number of rotatable bonds is 6. The molecule has 21 heavy (non-hydrogen) atoms. The number of nitrogens with one attached hydrogen (secondary N) is 1. The summed E-state index contributed by atoms with van der Waals surface area (Å²) in [6.07, 6.45) is 1.23. The Bertz CT molecular complexity index is 463. The van der Waals surface area contributed by atoms with Gasteiger partial charge >= 0.3 is 0 Å². The Morgan fingerprint density at radius 1 is 1.38 bits per heavy atom. The van der Waals surface area contributed by atoms with Gasteiger partial charge in [-0.25, -0.2) is 0 Å². The second kappa shape index (κ2) is 6.79. The molecule has 1 unspecified atom stereocenters. The Labute approximate surface area is 129 Å². The average molecular weight is 293 g/mol. The first kappa shape index (κ1) is 16.3. The Morgan fingerprint density at radius 3 is 2.67 bits per heavy atom. The highest BCUT2D eigenvalue weighted by Gasteiger charge is 2.28. The molecule has 120 valence electrons. The highest BCUT2D eigenvalue weighted by atomic mass is 15.4. The quantitative estimate of drug-likeness (QED) is 0.864. The predicted octanol–water partition coefficient (Wildman–Crippen LogP) is 1.61. The molecular weight excluding hydrogens is 262 g/mol. The molecule has 2 rings (SSSR count). The molecule has 1 aliphatic rings. The maximum Gasteiger partial charge on any atom is 0.131 e. The molecule has 1 N–H and O–H groups in total. The van der Waals surface area contributed by atoms with Gasteiger partial charge in [-0.15, -0.1) is 0 Å². The number of hydrogen-bond acceptors (Lipinski definition) is 4. The fourth-order valence-electron chi connectivity index (χ4n) is 3.13. The number of hydrogen-bond donors (Lipinski definition) is 1. The Balaban J connectivity index is 2.12. The number of nitrogens with zero attached hydrogens (tertiary/aromatic N) is 4. The van der Waals surface area contributed by atoms with Gasteiger partial charge in [0.25, 0.3) is 0 Å². The fourth-order valence-corrected chi connectivity index (χ4v) is 3.13. The van der Waals surface area contributed by atoms with Crippen LogP contribution >= 0.6 is 0 Å². The third-order valence-corrected chi connectivity index (χ3v) is 4.36. The minimum Gasteiger partial charge on any atom is -0.355 e. The first-order chi connectivity index (χ1) is 9.90. The molecular formula is C16H31N5. The molecule has 0 aliphatic carbocycles. The van der Waals surface area contributed by atoms with Gasteiger partial charge in [0.2, 0.25) is 0 Å². The van der Waals surface area contributed by atoms with Gasteiger partial charge in [0.05, 0.1) is 5.69 Å². The van der Waals surface area contributed by atoms with Gasteiger partial charge in [-0.3, -0.25) is 4.68 Å². The maximum absolute atomic E-state index is 4.64. The summed E-state index contributed by atoms with van der Waals surface area (Å²) in [5.74, 6) is 1.98. The van der Waals surface area contributed by atoms with E-state index in [2.05, 4.69) is 66.8 Å². The minimum atomic E-state index is 0.650. The highest BCUT2D eigenvalue weighted by Crippen LogP contribution is 2.27. The first-order valence-corrected chi connectivity index (χ1v) is 8.04. The normalized spacial score (nSPS) is 19.2. The van der Waals surface area contributed by atoms with Crippen LogP contribution < -0.4 is 10.2 Å². The van der Waals surface area contributed by atoms with Crippen molar-refractivity contribution in [3.05, 3.63) is 11.3 Å². The van der Waals surface area contributed by atoms with Crippen LogP contribution in [0.15, 0.2) is 0 Å². The second-order valence-electron chi connectivity index (χ2n) is 6.89. The molecule has 1 aromatic heterocycles. The molecule has 0 spiro atoms. The molecule has 1 atom stereocenters. The average Bonchev–Trinajstić information content (AvgIpc) is 2.95. The minimum absolute atomic E-state index is 0.650. The van der Waals surface area contributed by atoms with Crippen LogP contribution in [0.3, 0.4) is 0 Å². The predicted molar refractivity (Wildman–Crippen MR) is 88.8 cm³/mol. The summed E-state index contributed by atoms with van der Waals surface area (Å²) in [7, 11) is 6.42. The lowest BCUT2D eigenvalue weighted by molar-refractivity contribution is 0.315. The zero-order valence-electron chi connectivity index (χ0n) is 14.5. The highest BCUT2D eigenvalue weighted by molar-refractivity contribution is 5.51. The first-order valence-electron chi connectivity index (χ1n) is 8.04. The van der Waals surface area contributed by atoms with Gasteiger partial charge in [-0.1, -0.05) is 13.8 Å². The molecule has 5 heteroatoms. The van der Waals surface area contributed by atoms with E-state index in [1.54, 1.807) is 0 Å². The van der Waals surface area contributed by atoms with Gasteiger partial charge < -0.3 is 15.1 Å². The number of likely N-dealkylation sites (N-methyl/N-ethyl adjacent to an activating group) is 1. The van der Waals surface area contributed by atoms with E-state index >= 15 is 0 Å². The molecule has 2 heterocycles. The van der Waals surface area contributed by atoms with Crippen molar-refractivity contribution in [1.29, 1.82) is 0 Å². The van der Waals surface area contributed by atoms with E-state index in [-0.39, 0.29) is 0 Å². The van der Waals surface area contributed by atoms with Gasteiger partial charge in [-0.05, 0) is 39.9 Å². The largest absolute Gasteiger partial charge is 0.355 e. The maximum atomic E-state index is 4.64. The zero-order valence-corrected chi connectivity index (χ0v) is 14.5. The molecule has 1 aliphatic heterocycles. The van der Waals surface area contributed by atoms with Gasteiger partial charge in [0.15, 0.2) is 0 Å². The van der Waals surface area contributed by atoms with Crippen molar-refractivity contribution in [3.8, 4) is 0 Å². The molecule has 0 bridgehead atoms. The fraction of sp³-hybridized carbons (Fsp3) is 0.812. The summed E-state index contributed by atoms with van der Waals surface area (Å²) in [4.78, 5) is 4.83. The molecule has 0 saturated carbocycles. The van der Waals surface area contributed by atoms with Crippen molar-refractivity contribution in [1.82, 2.24) is 20.0 Å². The second-order valence-corrected chi connectivity index (χ2v) is 6.89. The van der Waals surface area contributed by atoms with Gasteiger partial charge in [-0.2, -0.15) is 5.10 Å². The Hall–Kier alpha value is -1.07. The molecule has 0 amide bonds. The lowest BCUT2D eigenvalue weighted by Crippen LogP contribution is -2.32. The molecule has 1 fully saturated rings. The molecule has 0 radical (unpaired) electrons. The summed E-state index contributed by atoms with van der Waals surface area (Å²) >= 11 is 0. The number of anilines is 1. The van der Waals surface area contributed by atoms with Gasteiger partial charge in [0.1, 0.15) is 5.82 Å². The summed E-state index contributed by atoms with van der Waals surface area (Å²) < 4.78 is 2.06. The summed E-state index contributed by atoms with van der Waals surface area (Å²) in [5.41, 5.74) is 2.51. The smallest absolute Gasteiger partial charge is 0.131 e. The number of aryl methyl sites for hydroxylation is 2. The molecule has 1 saturated heterocycles. The van der Waals surface area contributed by atoms with Crippen LogP contribution in [-0.4, -0.2) is 54.5 Å². The molecule has 0 aromatic carbocycles. The number of aromatic nitrogens is 2. The van der Waals surface area contributed by atoms with E-state index < -0.39 is 0 Å². The van der Waals surface area contributed by atoms with Crippen molar-refractivity contribution in [2.45, 2.75) is 39.8 Å². The third kappa shape index (κ3) is 3.77. The van der Waals surface area contributed by atoms with E-state index in [9.17, 15) is 0 Å². The van der Waals surface area contributed by atoms with Crippen LogP contribution in [0.25, 0.3) is 0 Å². The van der Waals surface area contributed by atoms with Crippen molar-refractivity contribution in [2.75, 3.05) is 38.6 Å². The van der Waals surface area contributed by atoms with E-state index in [0.29, 0.717) is 12.0 Å². The summed E-state index contributed by atoms with van der Waals surface area (Å²) in [5, 5.41) is 8.21. The Morgan fingerprint density at radius 2 is 2.10 bits per heavy atom. The van der Waals surface area contributed by atoms with E-state index in [1.807, 2.05) is 0 Å². The van der Waals surface area contributed by atoms with Crippen LogP contribution in [0.5, 0.6) is 0 Å². The van der Waals surface area contributed by atoms with Crippen molar-refractivity contribution >= 4 is 5.82 Å². The van der Waals surface area contributed by atoms with Crippen LogP contribution in [0, 0.1) is 12.8 Å². The van der Waals surface area contributed by atoms with Crippen molar-refractivity contribution < 1.29 is 0 Å². The van der Waals surface area contributed by atoms with Crippen molar-refractivity contribution in [3.63, 3.8) is 0 Å². The van der Waals surface area contributed by atoms with Crippen LogP contribution in [0.4, 0.5) is 5.82 Å². The van der Waals surface area contributed by atoms with E-state index in [4.69, 9.17) is 0 Å². The summed E-state index contributed by atoms with van der Waals surface area (Å²) in [6, 6.07) is 0.650. The third-order valence-electron chi connectivity index (χ3n) is 4.36. The van der Waals surface area contributed by atoms with Crippen LogP contribution in [-0.2, 0) is 13.6 Å². The molecule has 1 aromatic rings. The lowest BCUT2D eigenvalue weighted by Gasteiger charge is -2.23. The molecule has 5 nitrogen and oxygen atoms in total. The standard InChI is InChI=1S/C16H31N5/c1-12(2)9-17-10-15-13(3)18-20(6)16(15)21-8-7-14(11-21)19(4)5/h12,14,17H,7-11H2,1-6H3. The van der Waals surface area contributed by atoms with Crippen LogP contribution in [0.1, 0.15) is 31.5 Å². The van der Waals surface area contributed by atoms with Crippen LogP contribution in [0.2, 0.25) is 0 Å².